The Balaban J connectivity index is 1.57. The predicted molar refractivity (Wildman–Crippen MR) is 95.4 cm³/mol. The van der Waals surface area contributed by atoms with Crippen molar-refractivity contribution in [3.63, 3.8) is 0 Å². The lowest BCUT2D eigenvalue weighted by atomic mass is 10.2. The first kappa shape index (κ1) is 16.7. The molecule has 0 saturated carbocycles. The van der Waals surface area contributed by atoms with Crippen LogP contribution in [0.4, 0.5) is 5.69 Å². The summed E-state index contributed by atoms with van der Waals surface area (Å²) in [5, 5.41) is 8.10. The molecule has 0 aromatic heterocycles. The van der Waals surface area contributed by atoms with Crippen LogP contribution in [0.2, 0.25) is 0 Å². The fourth-order valence-corrected chi connectivity index (χ4v) is 2.47. The Hall–Kier alpha value is -3.15. The number of nitrogens with one attached hydrogen (secondary N) is 1. The van der Waals surface area contributed by atoms with Crippen LogP contribution < -0.4 is 15.1 Å². The molecule has 0 aliphatic carbocycles. The molecular weight excluding hydrogens is 318 g/mol. The van der Waals surface area contributed by atoms with Gasteiger partial charge in [0.25, 0.3) is 11.8 Å². The number of rotatable bonds is 5. The number of nitrogens with zero attached hydrogens (tertiary/aromatic N) is 2. The van der Waals surface area contributed by atoms with Gasteiger partial charge in [-0.3, -0.25) is 9.59 Å². The van der Waals surface area contributed by atoms with Crippen molar-refractivity contribution < 1.29 is 14.3 Å². The Kier molecular flexibility index (Phi) is 5.09. The van der Waals surface area contributed by atoms with E-state index in [-0.39, 0.29) is 24.8 Å². The molecule has 0 radical (unpaired) electrons. The van der Waals surface area contributed by atoms with Crippen LogP contribution in [0.3, 0.4) is 0 Å². The molecule has 128 valence electrons. The number of hydrogen-bond acceptors (Lipinski definition) is 4. The highest BCUT2D eigenvalue weighted by Crippen LogP contribution is 2.19. The lowest BCUT2D eigenvalue weighted by Crippen LogP contribution is -2.33. The number of anilines is 1. The summed E-state index contributed by atoms with van der Waals surface area (Å²) in [6.45, 7) is 1.92. The summed E-state index contributed by atoms with van der Waals surface area (Å²) in [6, 6.07) is 16.7. The average molecular weight is 337 g/mol. The van der Waals surface area contributed by atoms with Gasteiger partial charge in [-0.25, -0.2) is 0 Å². The second-order valence-corrected chi connectivity index (χ2v) is 5.60. The Morgan fingerprint density at radius 2 is 2.00 bits per heavy atom. The number of para-hydroxylation sites is 1. The molecule has 2 aromatic carbocycles. The van der Waals surface area contributed by atoms with E-state index >= 15 is 0 Å². The van der Waals surface area contributed by atoms with Gasteiger partial charge in [0.15, 0.2) is 6.61 Å². The summed E-state index contributed by atoms with van der Waals surface area (Å²) in [7, 11) is 0. The number of amidine groups is 1. The van der Waals surface area contributed by atoms with Gasteiger partial charge in [0.1, 0.15) is 11.6 Å². The summed E-state index contributed by atoms with van der Waals surface area (Å²) < 4.78 is 5.49. The highest BCUT2D eigenvalue weighted by Gasteiger charge is 2.26. The van der Waals surface area contributed by atoms with Gasteiger partial charge in [0.05, 0.1) is 12.1 Å². The molecule has 1 heterocycles. The topological polar surface area (TPSA) is 71.0 Å². The summed E-state index contributed by atoms with van der Waals surface area (Å²) in [5.74, 6) is 0.441. The molecule has 6 nitrogen and oxygen atoms in total. The summed E-state index contributed by atoms with van der Waals surface area (Å²) in [6.07, 6.45) is 0.962. The van der Waals surface area contributed by atoms with Crippen LogP contribution in [0, 0.1) is 0 Å². The predicted octanol–water partition coefficient (Wildman–Crippen LogP) is 2.49. The van der Waals surface area contributed by atoms with Gasteiger partial charge in [-0.2, -0.15) is 10.1 Å². The third-order valence-electron chi connectivity index (χ3n) is 3.74. The van der Waals surface area contributed by atoms with Crippen LogP contribution in [0.5, 0.6) is 5.75 Å². The molecule has 0 fully saturated rings. The fourth-order valence-electron chi connectivity index (χ4n) is 2.47. The van der Waals surface area contributed by atoms with Crippen LogP contribution in [0.1, 0.15) is 18.9 Å². The highest BCUT2D eigenvalue weighted by atomic mass is 16.5. The second-order valence-electron chi connectivity index (χ2n) is 5.60. The molecule has 3 rings (SSSR count). The lowest BCUT2D eigenvalue weighted by molar-refractivity contribution is -0.121. The van der Waals surface area contributed by atoms with E-state index in [9.17, 15) is 9.59 Å². The minimum Gasteiger partial charge on any atom is -0.484 e. The first-order valence-electron chi connectivity index (χ1n) is 8.13. The third kappa shape index (κ3) is 4.23. The van der Waals surface area contributed by atoms with Crippen molar-refractivity contribution >= 4 is 23.3 Å². The van der Waals surface area contributed by atoms with Gasteiger partial charge in [-0.05, 0) is 36.2 Å². The quantitative estimate of drug-likeness (QED) is 0.911. The largest absolute Gasteiger partial charge is 0.484 e. The second kappa shape index (κ2) is 7.61. The zero-order valence-electron chi connectivity index (χ0n) is 13.9. The number of carbonyl (C=O) groups is 2. The number of ether oxygens (including phenoxy) is 1. The van der Waals surface area contributed by atoms with Gasteiger partial charge in [0, 0.05) is 0 Å². The van der Waals surface area contributed by atoms with Crippen LogP contribution >= 0.6 is 0 Å². The summed E-state index contributed by atoms with van der Waals surface area (Å²) in [4.78, 5) is 24.1. The summed E-state index contributed by atoms with van der Waals surface area (Å²) >= 11 is 0. The van der Waals surface area contributed by atoms with Crippen molar-refractivity contribution in [2.75, 3.05) is 11.6 Å². The van der Waals surface area contributed by atoms with E-state index in [1.807, 2.05) is 36.4 Å². The van der Waals surface area contributed by atoms with Crippen LogP contribution in [-0.4, -0.2) is 24.3 Å². The van der Waals surface area contributed by atoms with Gasteiger partial charge in [-0.15, -0.1) is 0 Å². The van der Waals surface area contributed by atoms with Crippen molar-refractivity contribution in [2.45, 2.75) is 19.8 Å². The number of hydrazone groups is 1. The van der Waals surface area contributed by atoms with Crippen LogP contribution in [0.25, 0.3) is 0 Å². The first-order chi connectivity index (χ1) is 12.2. The van der Waals surface area contributed by atoms with E-state index in [1.165, 1.54) is 5.01 Å². The number of aryl methyl sites for hydroxylation is 1. The molecule has 2 aromatic rings. The first-order valence-corrected chi connectivity index (χ1v) is 8.13. The zero-order valence-corrected chi connectivity index (χ0v) is 13.9. The minimum atomic E-state index is -0.344. The van der Waals surface area contributed by atoms with Gasteiger partial charge in [-0.1, -0.05) is 37.3 Å². The van der Waals surface area contributed by atoms with Crippen molar-refractivity contribution in [2.24, 2.45) is 5.10 Å². The van der Waals surface area contributed by atoms with E-state index in [4.69, 9.17) is 4.74 Å². The fraction of sp³-hybridized carbons (Fsp3) is 0.211. The Labute approximate surface area is 146 Å². The monoisotopic (exact) mass is 337 g/mol. The summed E-state index contributed by atoms with van der Waals surface area (Å²) in [5.41, 5.74) is 1.81. The molecule has 1 aliphatic rings. The lowest BCUT2D eigenvalue weighted by Gasteiger charge is -2.10. The normalized spacial score (nSPS) is 13.6. The average Bonchev–Trinajstić information content (AvgIpc) is 3.01. The molecule has 2 amide bonds. The van der Waals surface area contributed by atoms with Crippen molar-refractivity contribution in [1.82, 2.24) is 5.32 Å². The Bertz CT molecular complexity index is 803. The molecule has 1 N–H and O–H groups in total. The minimum absolute atomic E-state index is 0.0615. The molecule has 0 unspecified atom stereocenters. The molecule has 0 spiro atoms. The molecule has 0 atom stereocenters. The van der Waals surface area contributed by atoms with Crippen molar-refractivity contribution in [3.8, 4) is 5.75 Å². The van der Waals surface area contributed by atoms with Gasteiger partial charge in [0.2, 0.25) is 0 Å². The van der Waals surface area contributed by atoms with E-state index in [0.717, 1.165) is 12.0 Å². The van der Waals surface area contributed by atoms with E-state index in [2.05, 4.69) is 17.3 Å². The standard InChI is InChI=1S/C19H19N3O3/c1-2-14-7-6-10-16(11-14)25-13-18(23)20-17-12-19(24)22(21-17)15-8-4-3-5-9-15/h3-11H,2,12-13H2,1H3,(H,20,21,23). The number of amides is 2. The molecule has 6 heteroatoms. The van der Waals surface area contributed by atoms with Crippen LogP contribution in [0.15, 0.2) is 59.7 Å². The van der Waals surface area contributed by atoms with Crippen molar-refractivity contribution in [3.05, 3.63) is 60.2 Å². The SMILES string of the molecule is CCc1cccc(OCC(=O)NC2=NN(c3ccccc3)C(=O)C2)c1. The van der Waals surface area contributed by atoms with E-state index in [0.29, 0.717) is 17.3 Å². The maximum absolute atomic E-state index is 12.0. The molecule has 25 heavy (non-hydrogen) atoms. The number of hydrogen-bond donors (Lipinski definition) is 1. The Morgan fingerprint density at radius 3 is 2.76 bits per heavy atom. The molecule has 0 saturated heterocycles. The zero-order chi connectivity index (χ0) is 17.6. The van der Waals surface area contributed by atoms with Gasteiger partial charge >= 0.3 is 0 Å². The maximum Gasteiger partial charge on any atom is 0.263 e. The Morgan fingerprint density at radius 1 is 1.20 bits per heavy atom. The maximum atomic E-state index is 12.0. The van der Waals surface area contributed by atoms with E-state index < -0.39 is 0 Å². The molecule has 0 bridgehead atoms. The third-order valence-corrected chi connectivity index (χ3v) is 3.74. The number of benzene rings is 2. The molecule has 1 aliphatic heterocycles. The van der Waals surface area contributed by atoms with Gasteiger partial charge < -0.3 is 10.1 Å². The highest BCUT2D eigenvalue weighted by molar-refractivity contribution is 6.15. The van der Waals surface area contributed by atoms with Crippen molar-refractivity contribution in [1.29, 1.82) is 0 Å². The van der Waals surface area contributed by atoms with Crippen LogP contribution in [-0.2, 0) is 16.0 Å². The molecular formula is C19H19N3O3. The number of carbonyl (C=O) groups excluding carboxylic acids is 2. The van der Waals surface area contributed by atoms with E-state index in [1.54, 1.807) is 18.2 Å². The smallest absolute Gasteiger partial charge is 0.263 e.